The minimum Gasteiger partial charge on any atom is -0.328 e. The molecule has 0 saturated heterocycles. The van der Waals surface area contributed by atoms with Gasteiger partial charge in [0.05, 0.1) is 17.7 Å². The van der Waals surface area contributed by atoms with Crippen molar-refractivity contribution >= 4 is 29.5 Å². The van der Waals surface area contributed by atoms with Gasteiger partial charge in [-0.2, -0.15) is 5.26 Å². The molecule has 0 bridgehead atoms. The monoisotopic (exact) mass is 334 g/mol. The molecule has 5 heteroatoms. The van der Waals surface area contributed by atoms with E-state index in [-0.39, 0.29) is 0 Å². The lowest BCUT2D eigenvalue weighted by Crippen LogP contribution is -2.23. The zero-order valence-electron chi connectivity index (χ0n) is 13.8. The number of aryl methyl sites for hydroxylation is 1. The molecule has 24 heavy (non-hydrogen) atoms. The molecule has 0 N–H and O–H groups in total. The van der Waals surface area contributed by atoms with Crippen molar-refractivity contribution < 1.29 is 0 Å². The highest BCUT2D eigenvalue weighted by atomic mass is 32.2. The van der Waals surface area contributed by atoms with E-state index in [1.165, 1.54) is 5.56 Å². The zero-order valence-corrected chi connectivity index (χ0v) is 14.6. The number of rotatable bonds is 4. The first-order valence-electron chi connectivity index (χ1n) is 7.77. The minimum atomic E-state index is 0.541. The van der Waals surface area contributed by atoms with Crippen molar-refractivity contribution in [1.29, 1.82) is 5.26 Å². The molecule has 0 amide bonds. The summed E-state index contributed by atoms with van der Waals surface area (Å²) < 4.78 is 0. The highest BCUT2D eigenvalue weighted by molar-refractivity contribution is 7.99. The van der Waals surface area contributed by atoms with Gasteiger partial charge in [-0.25, -0.2) is 9.98 Å². The lowest BCUT2D eigenvalue weighted by atomic mass is 10.0. The second kappa shape index (κ2) is 6.90. The van der Waals surface area contributed by atoms with E-state index in [1.54, 1.807) is 18.1 Å². The van der Waals surface area contributed by atoms with Gasteiger partial charge in [0.25, 0.3) is 0 Å². The van der Waals surface area contributed by atoms with Gasteiger partial charge in [0.2, 0.25) is 0 Å². The number of hydrogen-bond acceptors (Lipinski definition) is 5. The van der Waals surface area contributed by atoms with E-state index >= 15 is 0 Å². The van der Waals surface area contributed by atoms with E-state index in [0.717, 1.165) is 27.7 Å². The first-order valence-corrected chi connectivity index (χ1v) is 8.75. The lowest BCUT2D eigenvalue weighted by Gasteiger charge is -2.28. The van der Waals surface area contributed by atoms with Crippen LogP contribution in [0.25, 0.3) is 5.70 Å². The summed E-state index contributed by atoms with van der Waals surface area (Å²) in [4.78, 5) is 11.2. The maximum atomic E-state index is 9.56. The number of fused-ring (bicyclic) bond motifs is 1. The van der Waals surface area contributed by atoms with Gasteiger partial charge in [0.15, 0.2) is 0 Å². The van der Waals surface area contributed by atoms with Crippen LogP contribution >= 0.6 is 11.8 Å². The molecule has 1 aliphatic rings. The van der Waals surface area contributed by atoms with Crippen molar-refractivity contribution in [1.82, 2.24) is 9.88 Å². The van der Waals surface area contributed by atoms with Gasteiger partial charge < -0.3 is 4.90 Å². The number of nitriles is 1. The third-order valence-corrected chi connectivity index (χ3v) is 4.73. The normalized spacial score (nSPS) is 12.9. The summed E-state index contributed by atoms with van der Waals surface area (Å²) in [6.07, 6.45) is 1.76. The van der Waals surface area contributed by atoms with Crippen LogP contribution in [-0.2, 0) is 6.54 Å². The number of hydrogen-bond donors (Lipinski definition) is 0. The first kappa shape index (κ1) is 16.3. The Kier molecular flexibility index (Phi) is 4.68. The fourth-order valence-corrected chi connectivity index (χ4v) is 3.50. The molecule has 4 nitrogen and oxygen atoms in total. The molecule has 0 saturated carbocycles. The Bertz CT molecular complexity index is 850. The summed E-state index contributed by atoms with van der Waals surface area (Å²) in [5.41, 5.74) is 4.97. The summed E-state index contributed by atoms with van der Waals surface area (Å²) in [6.45, 7) is 8.91. The molecule has 0 spiro atoms. The largest absolute Gasteiger partial charge is 0.328 e. The smallest absolute Gasteiger partial charge is 0.116 e. The standard InChI is InChI=1S/C19H18N4S/c1-4-24-19-16(10-20)18-17(13(2)22-19)14(3)23(12-21-18)11-15-8-6-5-7-9-15/h5-9,12H,3-4,11H2,1-2H3. The first-order chi connectivity index (χ1) is 11.7. The van der Waals surface area contributed by atoms with Gasteiger partial charge in [-0.15, -0.1) is 11.8 Å². The maximum absolute atomic E-state index is 9.56. The topological polar surface area (TPSA) is 52.3 Å². The SMILES string of the molecule is C=C1c2c(C)nc(SCC)c(C#N)c2N=CN1Cc1ccccc1. The zero-order chi connectivity index (χ0) is 17.1. The van der Waals surface area contributed by atoms with Crippen LogP contribution in [0, 0.1) is 18.3 Å². The number of benzene rings is 1. The summed E-state index contributed by atoms with van der Waals surface area (Å²) in [5, 5.41) is 10.3. The van der Waals surface area contributed by atoms with Crippen molar-refractivity contribution in [3.05, 3.63) is 59.3 Å². The Labute approximate surface area is 146 Å². The van der Waals surface area contributed by atoms with Crippen molar-refractivity contribution in [2.24, 2.45) is 4.99 Å². The van der Waals surface area contributed by atoms with Crippen molar-refractivity contribution in [3.8, 4) is 6.07 Å². The van der Waals surface area contributed by atoms with Gasteiger partial charge >= 0.3 is 0 Å². The van der Waals surface area contributed by atoms with Crippen LogP contribution in [0.4, 0.5) is 5.69 Å². The van der Waals surface area contributed by atoms with Gasteiger partial charge in [-0.1, -0.05) is 43.8 Å². The number of nitrogens with zero attached hydrogens (tertiary/aromatic N) is 4. The predicted molar refractivity (Wildman–Crippen MR) is 99.3 cm³/mol. The van der Waals surface area contributed by atoms with Crippen LogP contribution < -0.4 is 0 Å². The van der Waals surface area contributed by atoms with E-state index in [9.17, 15) is 5.26 Å². The summed E-state index contributed by atoms with van der Waals surface area (Å²) >= 11 is 1.57. The molecule has 0 aliphatic carbocycles. The van der Waals surface area contributed by atoms with Crippen LogP contribution in [0.2, 0.25) is 0 Å². The van der Waals surface area contributed by atoms with E-state index < -0.39 is 0 Å². The average Bonchev–Trinajstić information content (AvgIpc) is 2.58. The number of thioether (sulfide) groups is 1. The Hall–Kier alpha value is -2.58. The van der Waals surface area contributed by atoms with Crippen molar-refractivity contribution in [2.45, 2.75) is 25.4 Å². The van der Waals surface area contributed by atoms with Gasteiger partial charge in [0, 0.05) is 17.8 Å². The maximum Gasteiger partial charge on any atom is 0.116 e. The van der Waals surface area contributed by atoms with Crippen LogP contribution in [0.5, 0.6) is 0 Å². The lowest BCUT2D eigenvalue weighted by molar-refractivity contribution is 0.589. The fraction of sp³-hybridized carbons (Fsp3) is 0.211. The Morgan fingerprint density at radius 3 is 2.71 bits per heavy atom. The summed E-state index contributed by atoms with van der Waals surface area (Å²) in [5.74, 6) is 0.866. The molecule has 2 aromatic rings. The molecule has 0 atom stereocenters. The van der Waals surface area contributed by atoms with Gasteiger partial charge in [-0.05, 0) is 18.2 Å². The fourth-order valence-electron chi connectivity index (χ4n) is 2.74. The molecule has 3 rings (SSSR count). The molecule has 1 aromatic carbocycles. The third-order valence-electron chi connectivity index (χ3n) is 3.87. The highest BCUT2D eigenvalue weighted by Gasteiger charge is 2.25. The van der Waals surface area contributed by atoms with Gasteiger partial charge in [-0.3, -0.25) is 0 Å². The molecule has 0 fully saturated rings. The minimum absolute atomic E-state index is 0.541. The van der Waals surface area contributed by atoms with E-state index in [2.05, 4.69) is 34.8 Å². The average molecular weight is 334 g/mol. The molecule has 0 radical (unpaired) electrons. The number of pyridine rings is 1. The van der Waals surface area contributed by atoms with Gasteiger partial charge in [0.1, 0.15) is 16.7 Å². The molecule has 0 unspecified atom stereocenters. The van der Waals surface area contributed by atoms with E-state index in [4.69, 9.17) is 0 Å². The van der Waals surface area contributed by atoms with E-state index in [1.807, 2.05) is 36.9 Å². The van der Waals surface area contributed by atoms with Crippen molar-refractivity contribution in [2.75, 3.05) is 5.75 Å². The molecule has 120 valence electrons. The second-order valence-corrected chi connectivity index (χ2v) is 6.70. The van der Waals surface area contributed by atoms with Crippen molar-refractivity contribution in [3.63, 3.8) is 0 Å². The highest BCUT2D eigenvalue weighted by Crippen LogP contribution is 2.39. The Balaban J connectivity index is 2.02. The number of aliphatic imine (C=N–C) groups is 1. The molecular formula is C19H18N4S. The van der Waals surface area contributed by atoms with Crippen LogP contribution in [0.3, 0.4) is 0 Å². The Morgan fingerprint density at radius 2 is 2.04 bits per heavy atom. The summed E-state index contributed by atoms with van der Waals surface area (Å²) in [6, 6.07) is 12.4. The molecular weight excluding hydrogens is 316 g/mol. The van der Waals surface area contributed by atoms with Crippen LogP contribution in [0.15, 0.2) is 46.9 Å². The summed E-state index contributed by atoms with van der Waals surface area (Å²) in [7, 11) is 0. The Morgan fingerprint density at radius 1 is 1.29 bits per heavy atom. The quantitative estimate of drug-likeness (QED) is 0.771. The third kappa shape index (κ3) is 2.93. The molecule has 2 heterocycles. The molecule has 1 aliphatic heterocycles. The van der Waals surface area contributed by atoms with Crippen LogP contribution in [0.1, 0.15) is 29.3 Å². The predicted octanol–water partition coefficient (Wildman–Crippen LogP) is 4.52. The second-order valence-electron chi connectivity index (χ2n) is 5.45. The number of aromatic nitrogens is 1. The molecule has 1 aromatic heterocycles. The van der Waals surface area contributed by atoms with E-state index in [0.29, 0.717) is 17.8 Å². The van der Waals surface area contributed by atoms with Crippen LogP contribution in [-0.4, -0.2) is 22.0 Å².